The number of carbonyl (C=O) groups excluding carboxylic acids is 2. The fourth-order valence-electron chi connectivity index (χ4n) is 3.40. The van der Waals surface area contributed by atoms with Crippen molar-refractivity contribution in [2.45, 2.75) is 26.1 Å². The van der Waals surface area contributed by atoms with Gasteiger partial charge in [-0.3, -0.25) is 14.3 Å². The van der Waals surface area contributed by atoms with Crippen LogP contribution < -0.4 is 5.32 Å². The van der Waals surface area contributed by atoms with Crippen LogP contribution in [0.15, 0.2) is 66.7 Å². The summed E-state index contributed by atoms with van der Waals surface area (Å²) < 4.78 is 1.63. The highest BCUT2D eigenvalue weighted by Gasteiger charge is 2.28. The molecule has 3 aromatic rings. The average molecular weight is 374 g/mol. The van der Waals surface area contributed by atoms with Crippen LogP contribution in [0.1, 0.15) is 45.1 Å². The first-order valence-electron chi connectivity index (χ1n) is 9.38. The lowest BCUT2D eigenvalue weighted by Gasteiger charge is -2.27. The molecule has 2 amide bonds. The van der Waals surface area contributed by atoms with E-state index >= 15 is 0 Å². The van der Waals surface area contributed by atoms with Crippen LogP contribution in [0, 0.1) is 0 Å². The van der Waals surface area contributed by atoms with Crippen LogP contribution in [0.3, 0.4) is 0 Å². The predicted octanol–water partition coefficient (Wildman–Crippen LogP) is 3.03. The minimum Gasteiger partial charge on any atom is -0.344 e. The van der Waals surface area contributed by atoms with Gasteiger partial charge in [-0.1, -0.05) is 60.7 Å². The molecule has 0 radical (unpaired) electrons. The monoisotopic (exact) mass is 374 g/mol. The summed E-state index contributed by atoms with van der Waals surface area (Å²) >= 11 is 0. The number of amides is 2. The normalized spacial score (nSPS) is 14.5. The standard InChI is InChI=1S/C22H22N4O2/c1-16(18-10-6-3-7-11-18)23-21(27)19-14-20-22(28)25(12-13-26(20)24-19)15-17-8-4-2-5-9-17/h2-11,14,16H,12-13,15H2,1H3,(H,23,27). The zero-order chi connectivity index (χ0) is 19.5. The fourth-order valence-corrected chi connectivity index (χ4v) is 3.40. The summed E-state index contributed by atoms with van der Waals surface area (Å²) in [6.45, 7) is 3.63. The van der Waals surface area contributed by atoms with Crippen molar-refractivity contribution < 1.29 is 9.59 Å². The molecule has 1 aliphatic heterocycles. The number of aromatic nitrogens is 2. The molecule has 1 aliphatic rings. The van der Waals surface area contributed by atoms with Gasteiger partial charge in [0.1, 0.15) is 5.69 Å². The topological polar surface area (TPSA) is 67.2 Å². The molecule has 6 nitrogen and oxygen atoms in total. The molecule has 0 saturated carbocycles. The van der Waals surface area contributed by atoms with Gasteiger partial charge in [0.05, 0.1) is 12.6 Å². The van der Waals surface area contributed by atoms with Crippen LogP contribution in [0.4, 0.5) is 0 Å². The third-order valence-corrected chi connectivity index (χ3v) is 4.96. The maximum atomic E-state index is 12.8. The van der Waals surface area contributed by atoms with Crippen LogP contribution in [0.25, 0.3) is 0 Å². The van der Waals surface area contributed by atoms with Gasteiger partial charge in [0.2, 0.25) is 0 Å². The Kier molecular flexibility index (Phi) is 4.93. The summed E-state index contributed by atoms with van der Waals surface area (Å²) in [4.78, 5) is 27.2. The van der Waals surface area contributed by atoms with E-state index in [1.807, 2.05) is 67.6 Å². The van der Waals surface area contributed by atoms with E-state index in [-0.39, 0.29) is 23.6 Å². The minimum absolute atomic E-state index is 0.0993. The van der Waals surface area contributed by atoms with Crippen molar-refractivity contribution >= 4 is 11.8 Å². The Morgan fingerprint density at radius 2 is 1.75 bits per heavy atom. The Morgan fingerprint density at radius 1 is 1.07 bits per heavy atom. The molecule has 1 atom stereocenters. The Hall–Kier alpha value is -3.41. The highest BCUT2D eigenvalue weighted by Crippen LogP contribution is 2.18. The molecule has 0 aliphatic carbocycles. The van der Waals surface area contributed by atoms with E-state index in [4.69, 9.17) is 0 Å². The van der Waals surface area contributed by atoms with Gasteiger partial charge in [0.15, 0.2) is 5.69 Å². The molecule has 6 heteroatoms. The molecular formula is C22H22N4O2. The molecule has 2 aromatic carbocycles. The third kappa shape index (κ3) is 3.67. The van der Waals surface area contributed by atoms with Crippen molar-refractivity contribution in [3.05, 3.63) is 89.2 Å². The van der Waals surface area contributed by atoms with Crippen LogP contribution >= 0.6 is 0 Å². The van der Waals surface area contributed by atoms with Crippen molar-refractivity contribution in [3.8, 4) is 0 Å². The van der Waals surface area contributed by atoms with Gasteiger partial charge < -0.3 is 10.2 Å². The Labute approximate surface area is 163 Å². The molecule has 0 fully saturated rings. The van der Waals surface area contributed by atoms with Gasteiger partial charge in [0, 0.05) is 19.2 Å². The maximum Gasteiger partial charge on any atom is 0.272 e. The summed E-state index contributed by atoms with van der Waals surface area (Å²) in [6, 6.07) is 21.1. The molecule has 4 rings (SSSR count). The Bertz CT molecular complexity index is 982. The number of nitrogens with zero attached hydrogens (tertiary/aromatic N) is 3. The zero-order valence-electron chi connectivity index (χ0n) is 15.7. The highest BCUT2D eigenvalue weighted by atomic mass is 16.2. The van der Waals surface area contributed by atoms with Gasteiger partial charge in [0.25, 0.3) is 11.8 Å². The first kappa shape index (κ1) is 18.0. The van der Waals surface area contributed by atoms with Crippen LogP contribution in [0.2, 0.25) is 0 Å². The highest BCUT2D eigenvalue weighted by molar-refractivity contribution is 5.98. The van der Waals surface area contributed by atoms with Gasteiger partial charge in [-0.05, 0) is 18.1 Å². The first-order chi connectivity index (χ1) is 13.6. The largest absolute Gasteiger partial charge is 0.344 e. The van der Waals surface area contributed by atoms with Crippen molar-refractivity contribution in [3.63, 3.8) is 0 Å². The summed E-state index contributed by atoms with van der Waals surface area (Å²) in [5.74, 6) is -0.376. The SMILES string of the molecule is CC(NC(=O)c1cc2n(n1)CCN(Cc1ccccc1)C2=O)c1ccccc1. The molecule has 2 heterocycles. The zero-order valence-corrected chi connectivity index (χ0v) is 15.7. The number of nitrogens with one attached hydrogen (secondary N) is 1. The molecule has 28 heavy (non-hydrogen) atoms. The number of hydrogen-bond donors (Lipinski definition) is 1. The molecule has 1 N–H and O–H groups in total. The second kappa shape index (κ2) is 7.68. The summed E-state index contributed by atoms with van der Waals surface area (Å²) in [5, 5.41) is 7.29. The lowest BCUT2D eigenvalue weighted by molar-refractivity contribution is 0.0683. The number of hydrogen-bond acceptors (Lipinski definition) is 3. The minimum atomic E-state index is -0.277. The maximum absolute atomic E-state index is 12.8. The number of carbonyl (C=O) groups is 2. The van der Waals surface area contributed by atoms with E-state index < -0.39 is 0 Å². The number of rotatable bonds is 5. The fraction of sp³-hybridized carbons (Fsp3) is 0.227. The molecule has 1 aromatic heterocycles. The molecule has 0 spiro atoms. The quantitative estimate of drug-likeness (QED) is 0.746. The third-order valence-electron chi connectivity index (χ3n) is 4.96. The lowest BCUT2D eigenvalue weighted by Crippen LogP contribution is -2.39. The van der Waals surface area contributed by atoms with E-state index in [9.17, 15) is 9.59 Å². The van der Waals surface area contributed by atoms with Gasteiger partial charge >= 0.3 is 0 Å². The Balaban J connectivity index is 1.47. The van der Waals surface area contributed by atoms with Crippen molar-refractivity contribution in [2.24, 2.45) is 0 Å². The van der Waals surface area contributed by atoms with E-state index in [2.05, 4.69) is 10.4 Å². The van der Waals surface area contributed by atoms with E-state index in [1.165, 1.54) is 0 Å². The van der Waals surface area contributed by atoms with E-state index in [1.54, 1.807) is 15.6 Å². The summed E-state index contributed by atoms with van der Waals surface area (Å²) in [5.41, 5.74) is 2.83. The molecule has 1 unspecified atom stereocenters. The second-order valence-electron chi connectivity index (χ2n) is 6.96. The van der Waals surface area contributed by atoms with Crippen LogP contribution in [-0.4, -0.2) is 33.0 Å². The van der Waals surface area contributed by atoms with Crippen LogP contribution in [0.5, 0.6) is 0 Å². The molecule has 142 valence electrons. The van der Waals surface area contributed by atoms with Crippen molar-refractivity contribution in [1.29, 1.82) is 0 Å². The number of benzene rings is 2. The molecular weight excluding hydrogens is 352 g/mol. The number of fused-ring (bicyclic) bond motifs is 1. The van der Waals surface area contributed by atoms with Crippen molar-refractivity contribution in [2.75, 3.05) is 6.54 Å². The van der Waals surface area contributed by atoms with E-state index in [0.717, 1.165) is 11.1 Å². The smallest absolute Gasteiger partial charge is 0.272 e. The Morgan fingerprint density at radius 3 is 2.46 bits per heavy atom. The second-order valence-corrected chi connectivity index (χ2v) is 6.96. The van der Waals surface area contributed by atoms with Gasteiger partial charge in [-0.2, -0.15) is 5.10 Å². The predicted molar refractivity (Wildman–Crippen MR) is 106 cm³/mol. The lowest BCUT2D eigenvalue weighted by atomic mass is 10.1. The average Bonchev–Trinajstić information content (AvgIpc) is 3.17. The van der Waals surface area contributed by atoms with Gasteiger partial charge in [-0.25, -0.2) is 0 Å². The summed E-state index contributed by atoms with van der Waals surface area (Å²) in [6.07, 6.45) is 0. The van der Waals surface area contributed by atoms with E-state index in [0.29, 0.717) is 25.3 Å². The molecule has 0 bridgehead atoms. The van der Waals surface area contributed by atoms with Crippen molar-refractivity contribution in [1.82, 2.24) is 20.0 Å². The summed E-state index contributed by atoms with van der Waals surface area (Å²) in [7, 11) is 0. The molecule has 0 saturated heterocycles. The van der Waals surface area contributed by atoms with Gasteiger partial charge in [-0.15, -0.1) is 0 Å². The van der Waals surface area contributed by atoms with Crippen LogP contribution in [-0.2, 0) is 13.1 Å². The first-order valence-corrected chi connectivity index (χ1v) is 9.38.